The maximum absolute atomic E-state index is 8.74. The van der Waals surface area contributed by atoms with Gasteiger partial charge in [-0.15, -0.1) is 52.6 Å². The van der Waals surface area contributed by atoms with E-state index in [9.17, 15) is 0 Å². The van der Waals surface area contributed by atoms with Crippen molar-refractivity contribution in [2.75, 3.05) is 13.1 Å². The van der Waals surface area contributed by atoms with Crippen LogP contribution >= 0.6 is 8.25 Å². The molecule has 6 N–H and O–H groups in total. The zero-order valence-electron chi connectivity index (χ0n) is 10.0. The third-order valence-electron chi connectivity index (χ3n) is 0.167. The Morgan fingerprint density at radius 3 is 0.812 bits per heavy atom. The van der Waals surface area contributed by atoms with Crippen molar-refractivity contribution in [1.82, 2.24) is 0 Å². The average Bonchev–Trinajstić information content (AvgIpc) is 2.38. The smallest absolute Gasteiger partial charge is 0.314 e. The van der Waals surface area contributed by atoms with Gasteiger partial charge < -0.3 is 21.3 Å². The molecule has 0 fully saturated rings. The van der Waals surface area contributed by atoms with Crippen LogP contribution in [-0.2, 0) is 4.57 Å². The second-order valence-electron chi connectivity index (χ2n) is 0.860. The third-order valence-corrected chi connectivity index (χ3v) is 0.167. The summed E-state index contributed by atoms with van der Waals surface area (Å²) >= 11 is 0. The highest BCUT2D eigenvalue weighted by molar-refractivity contribution is 7.30. The van der Waals surface area contributed by atoms with Crippen LogP contribution < -0.4 is 11.5 Å². The second kappa shape index (κ2) is 147. The van der Waals surface area contributed by atoms with Gasteiger partial charge in [-0.3, -0.25) is 4.57 Å². The summed E-state index contributed by atoms with van der Waals surface area (Å²) in [5.41, 5.74) is 9.81. The summed E-state index contributed by atoms with van der Waals surface area (Å²) in [6, 6.07) is 0. The number of rotatable bonds is 1. The van der Waals surface area contributed by atoms with Crippen LogP contribution in [0.3, 0.4) is 0 Å². The van der Waals surface area contributed by atoms with Gasteiger partial charge in [0.05, 0.1) is 0 Å². The van der Waals surface area contributed by atoms with Crippen molar-refractivity contribution in [1.29, 1.82) is 0 Å². The van der Waals surface area contributed by atoms with Crippen molar-refractivity contribution in [3.05, 3.63) is 52.6 Å². The Labute approximate surface area is 100 Å². The van der Waals surface area contributed by atoms with Crippen molar-refractivity contribution in [2.24, 2.45) is 11.5 Å². The number of hydrogen-bond donors (Lipinski definition) is 4. The first kappa shape index (κ1) is 36.3. The average molecular weight is 254 g/mol. The Balaban J connectivity index is -0.0000000196. The van der Waals surface area contributed by atoms with Crippen LogP contribution in [0.25, 0.3) is 0 Å². The summed E-state index contributed by atoms with van der Waals surface area (Å²) in [4.78, 5) is 14.3. The van der Waals surface area contributed by atoms with E-state index in [1.807, 2.05) is 0 Å². The highest BCUT2D eigenvalue weighted by Crippen LogP contribution is 1.98. The van der Waals surface area contributed by atoms with Gasteiger partial charge in [0.1, 0.15) is 0 Å². The van der Waals surface area contributed by atoms with E-state index < -0.39 is 8.25 Å². The summed E-state index contributed by atoms with van der Waals surface area (Å²) in [7, 11) is -3.13. The molecule has 0 amide bonds. The molecule has 0 heterocycles. The Hall–Kier alpha value is -0.970. The number of nitrogens with two attached hydrogens (primary N) is 2. The maximum atomic E-state index is 8.74. The van der Waals surface area contributed by atoms with E-state index in [-0.39, 0.29) is 0 Å². The van der Waals surface area contributed by atoms with Gasteiger partial charge in [-0.1, -0.05) is 0 Å². The lowest BCUT2D eigenvalue weighted by atomic mass is 10.7. The van der Waals surface area contributed by atoms with Gasteiger partial charge in [0.15, 0.2) is 0 Å². The first-order valence-corrected chi connectivity index (χ1v) is 5.27. The molecule has 5 nitrogen and oxygen atoms in total. The maximum Gasteiger partial charge on any atom is 0.314 e. The van der Waals surface area contributed by atoms with Gasteiger partial charge in [0.25, 0.3) is 0 Å². The fourth-order valence-electron chi connectivity index (χ4n) is 0. The minimum Gasteiger partial charge on any atom is -0.329 e. The largest absolute Gasteiger partial charge is 0.329 e. The van der Waals surface area contributed by atoms with Gasteiger partial charge in [-0.25, -0.2) is 0 Å². The molecule has 0 spiro atoms. The van der Waals surface area contributed by atoms with Gasteiger partial charge in [-0.2, -0.15) is 0 Å². The molecule has 0 aromatic rings. The summed E-state index contributed by atoms with van der Waals surface area (Å²) in [6.07, 6.45) is 0. The topological polar surface area (TPSA) is 110 Å². The molecule has 0 aromatic carbocycles. The second-order valence-corrected chi connectivity index (χ2v) is 1.43. The van der Waals surface area contributed by atoms with Crippen molar-refractivity contribution in [3.8, 4) is 0 Å². The Bertz CT molecular complexity index is 92.1. The molecule has 0 rings (SSSR count). The predicted molar refractivity (Wildman–Crippen MR) is 76.6 cm³/mol. The van der Waals surface area contributed by atoms with Crippen molar-refractivity contribution in [2.45, 2.75) is 0 Å². The zero-order chi connectivity index (χ0) is 15.0. The molecule has 0 atom stereocenters. The monoisotopic (exact) mass is 254 g/mol. The molecule has 16 heavy (non-hydrogen) atoms. The molecule has 0 aliphatic heterocycles. The molecule has 0 saturated heterocycles. The molecule has 0 saturated carbocycles. The van der Waals surface area contributed by atoms with Gasteiger partial charge >= 0.3 is 8.25 Å². The van der Waals surface area contributed by atoms with Gasteiger partial charge in [0, 0.05) is 13.1 Å². The molecule has 6 heteroatoms. The van der Waals surface area contributed by atoms with Crippen LogP contribution in [-0.4, -0.2) is 22.9 Å². The molecular weight excluding hydrogens is 227 g/mol. The quantitative estimate of drug-likeness (QED) is 0.418. The summed E-state index contributed by atoms with van der Waals surface area (Å²) in [6.45, 7) is 25.2. The van der Waals surface area contributed by atoms with Crippen LogP contribution in [0.1, 0.15) is 0 Å². The van der Waals surface area contributed by atoms with E-state index in [0.29, 0.717) is 13.1 Å². The lowest BCUT2D eigenvalue weighted by Gasteiger charge is -1.72. The SMILES string of the molecule is C=C.C=C.C=C.C=C.NCCN.O=[PH](O)O. The van der Waals surface area contributed by atoms with E-state index in [2.05, 4.69) is 52.6 Å². The number of hydrogen-bond acceptors (Lipinski definition) is 3. The summed E-state index contributed by atoms with van der Waals surface area (Å²) in [5, 5.41) is 0. The van der Waals surface area contributed by atoms with E-state index in [1.165, 1.54) is 0 Å². The first-order chi connectivity index (χ1) is 7.65. The van der Waals surface area contributed by atoms with E-state index in [4.69, 9.17) is 25.8 Å². The zero-order valence-corrected chi connectivity index (χ0v) is 11.0. The van der Waals surface area contributed by atoms with Crippen LogP contribution in [0.15, 0.2) is 52.6 Å². The molecule has 0 aliphatic rings. The van der Waals surface area contributed by atoms with E-state index in [0.717, 1.165) is 0 Å². The van der Waals surface area contributed by atoms with Gasteiger partial charge in [0.2, 0.25) is 0 Å². The lowest BCUT2D eigenvalue weighted by Crippen LogP contribution is -2.11. The Kier molecular flexibility index (Phi) is 333. The predicted octanol–water partition coefficient (Wildman–Crippen LogP) is 1.47. The highest BCUT2D eigenvalue weighted by Gasteiger charge is 1.61. The fourth-order valence-corrected chi connectivity index (χ4v) is 0. The van der Waals surface area contributed by atoms with Crippen molar-refractivity contribution >= 4 is 8.25 Å². The van der Waals surface area contributed by atoms with Crippen molar-refractivity contribution in [3.63, 3.8) is 0 Å². The first-order valence-electron chi connectivity index (χ1n) is 3.97. The normalized spacial score (nSPS) is 5.06. The third kappa shape index (κ3) is 2100000. The standard InChI is InChI=1S/C2H8N2.4C2H4.H3O3P/c3-1-2-4;4*1-2;1-4(2)3/h1-4H2;4*1-2H2;4H,(H2,1,2,3). The molecule has 0 aliphatic carbocycles. The molecule has 0 unspecified atom stereocenters. The molecular formula is C10H27N2O3P. The van der Waals surface area contributed by atoms with Gasteiger partial charge in [-0.05, 0) is 0 Å². The minimum atomic E-state index is -3.13. The molecule has 100 valence electrons. The van der Waals surface area contributed by atoms with E-state index >= 15 is 0 Å². The van der Waals surface area contributed by atoms with E-state index in [1.54, 1.807) is 0 Å². The van der Waals surface area contributed by atoms with Crippen LogP contribution in [0.4, 0.5) is 0 Å². The minimum absolute atomic E-state index is 0.597. The molecule has 0 aromatic heterocycles. The Morgan fingerprint density at radius 1 is 0.750 bits per heavy atom. The Morgan fingerprint density at radius 2 is 0.812 bits per heavy atom. The highest BCUT2D eigenvalue weighted by atomic mass is 31.1. The van der Waals surface area contributed by atoms with Crippen LogP contribution in [0.5, 0.6) is 0 Å². The summed E-state index contributed by atoms with van der Waals surface area (Å²) < 4.78 is 8.74. The molecule has 0 radical (unpaired) electrons. The van der Waals surface area contributed by atoms with Crippen LogP contribution in [0, 0.1) is 0 Å². The fraction of sp³-hybridized carbons (Fsp3) is 0.200. The van der Waals surface area contributed by atoms with Crippen molar-refractivity contribution < 1.29 is 14.4 Å². The summed E-state index contributed by atoms with van der Waals surface area (Å²) in [5.74, 6) is 0. The molecule has 0 bridgehead atoms. The lowest BCUT2D eigenvalue weighted by molar-refractivity contribution is 0.405. The van der Waals surface area contributed by atoms with Crippen LogP contribution in [0.2, 0.25) is 0 Å².